The van der Waals surface area contributed by atoms with Crippen LogP contribution in [0.15, 0.2) is 0 Å². The monoisotopic (exact) mass is 245 g/mol. The van der Waals surface area contributed by atoms with Crippen LogP contribution >= 0.6 is 0 Å². The minimum absolute atomic E-state index is 0.0163. The Labute approximate surface area is 103 Å². The Morgan fingerprint density at radius 3 is 2.35 bits per heavy atom. The van der Waals surface area contributed by atoms with Crippen molar-refractivity contribution in [2.75, 3.05) is 13.7 Å². The second kappa shape index (κ2) is 8.06. The molecular formula is C12H23NO4. The van der Waals surface area contributed by atoms with Crippen LogP contribution in [0.3, 0.4) is 0 Å². The first-order valence-corrected chi connectivity index (χ1v) is 5.96. The molecule has 0 aromatic rings. The molecule has 5 nitrogen and oxygen atoms in total. The first-order valence-electron chi connectivity index (χ1n) is 5.96. The standard InChI is InChI=1S/C12H23NO4/c1-5-9(2)13(8-12(15)16)11(14)7-6-10(3)17-4/h9-10H,5-8H2,1-4H3,(H,15,16). The highest BCUT2D eigenvalue weighted by atomic mass is 16.5. The number of carboxylic acids is 1. The topological polar surface area (TPSA) is 66.8 Å². The zero-order valence-corrected chi connectivity index (χ0v) is 11.1. The van der Waals surface area contributed by atoms with Gasteiger partial charge in [0.15, 0.2) is 0 Å². The van der Waals surface area contributed by atoms with Crippen LogP contribution in [0.5, 0.6) is 0 Å². The molecule has 0 heterocycles. The lowest BCUT2D eigenvalue weighted by Gasteiger charge is -2.27. The van der Waals surface area contributed by atoms with Crippen molar-refractivity contribution in [3.8, 4) is 0 Å². The van der Waals surface area contributed by atoms with Crippen molar-refractivity contribution in [1.82, 2.24) is 4.90 Å². The van der Waals surface area contributed by atoms with Crippen molar-refractivity contribution >= 4 is 11.9 Å². The summed E-state index contributed by atoms with van der Waals surface area (Å²) in [6.07, 6.45) is 1.70. The quantitative estimate of drug-likeness (QED) is 0.704. The number of carbonyl (C=O) groups excluding carboxylic acids is 1. The number of amides is 1. The first-order chi connectivity index (χ1) is 7.92. The van der Waals surface area contributed by atoms with Gasteiger partial charge in [0, 0.05) is 19.6 Å². The third-order valence-electron chi connectivity index (χ3n) is 2.92. The van der Waals surface area contributed by atoms with Gasteiger partial charge in [0.2, 0.25) is 5.91 Å². The highest BCUT2D eigenvalue weighted by Gasteiger charge is 2.21. The zero-order valence-electron chi connectivity index (χ0n) is 11.1. The van der Waals surface area contributed by atoms with E-state index in [4.69, 9.17) is 9.84 Å². The highest BCUT2D eigenvalue weighted by Crippen LogP contribution is 2.09. The van der Waals surface area contributed by atoms with Crippen LogP contribution in [0.25, 0.3) is 0 Å². The molecule has 0 fully saturated rings. The molecule has 0 bridgehead atoms. The normalized spacial score (nSPS) is 14.1. The molecule has 0 rings (SSSR count). The van der Waals surface area contributed by atoms with Gasteiger partial charge in [-0.3, -0.25) is 9.59 Å². The minimum atomic E-state index is -0.974. The predicted molar refractivity (Wildman–Crippen MR) is 64.8 cm³/mol. The van der Waals surface area contributed by atoms with Crippen LogP contribution in [0.2, 0.25) is 0 Å². The summed E-state index contributed by atoms with van der Waals surface area (Å²) in [4.78, 5) is 24.0. The maximum absolute atomic E-state index is 11.9. The first kappa shape index (κ1) is 15.9. The minimum Gasteiger partial charge on any atom is -0.480 e. The summed E-state index contributed by atoms with van der Waals surface area (Å²) in [7, 11) is 1.60. The molecule has 0 radical (unpaired) electrons. The van der Waals surface area contributed by atoms with Gasteiger partial charge in [-0.2, -0.15) is 0 Å². The summed E-state index contributed by atoms with van der Waals surface area (Å²) in [6.45, 7) is 5.46. The number of hydrogen-bond acceptors (Lipinski definition) is 3. The third kappa shape index (κ3) is 6.26. The number of methoxy groups -OCH3 is 1. The van der Waals surface area contributed by atoms with Crippen LogP contribution < -0.4 is 0 Å². The van der Waals surface area contributed by atoms with Crippen molar-refractivity contribution in [3.05, 3.63) is 0 Å². The van der Waals surface area contributed by atoms with E-state index < -0.39 is 5.97 Å². The van der Waals surface area contributed by atoms with E-state index in [0.717, 1.165) is 6.42 Å². The number of hydrogen-bond donors (Lipinski definition) is 1. The number of carboxylic acid groups (broad SMARTS) is 1. The molecule has 2 unspecified atom stereocenters. The lowest BCUT2D eigenvalue weighted by molar-refractivity contribution is -0.146. The van der Waals surface area contributed by atoms with E-state index in [1.54, 1.807) is 7.11 Å². The summed E-state index contributed by atoms with van der Waals surface area (Å²) >= 11 is 0. The van der Waals surface area contributed by atoms with Crippen LogP contribution in [-0.4, -0.2) is 47.7 Å². The molecule has 17 heavy (non-hydrogen) atoms. The fraction of sp³-hybridized carbons (Fsp3) is 0.833. The van der Waals surface area contributed by atoms with Crippen LogP contribution in [0.4, 0.5) is 0 Å². The van der Waals surface area contributed by atoms with Gasteiger partial charge < -0.3 is 14.7 Å². The highest BCUT2D eigenvalue weighted by molar-refractivity contribution is 5.81. The SMILES string of the molecule is CCC(C)N(CC(=O)O)C(=O)CCC(C)OC. The lowest BCUT2D eigenvalue weighted by atomic mass is 10.1. The number of rotatable bonds is 8. The van der Waals surface area contributed by atoms with Crippen molar-refractivity contribution in [2.24, 2.45) is 0 Å². The summed E-state index contributed by atoms with van der Waals surface area (Å²) in [5.41, 5.74) is 0. The summed E-state index contributed by atoms with van der Waals surface area (Å²) < 4.78 is 5.06. The van der Waals surface area contributed by atoms with Crippen LogP contribution in [0, 0.1) is 0 Å². The van der Waals surface area contributed by atoms with E-state index in [0.29, 0.717) is 12.8 Å². The van der Waals surface area contributed by atoms with E-state index in [9.17, 15) is 9.59 Å². The van der Waals surface area contributed by atoms with Crippen molar-refractivity contribution in [3.63, 3.8) is 0 Å². The van der Waals surface area contributed by atoms with Crippen LogP contribution in [0.1, 0.15) is 40.0 Å². The van der Waals surface area contributed by atoms with Crippen molar-refractivity contribution in [2.45, 2.75) is 52.2 Å². The molecule has 0 aliphatic rings. The average Bonchev–Trinajstić information content (AvgIpc) is 2.31. The average molecular weight is 245 g/mol. The van der Waals surface area contributed by atoms with Crippen molar-refractivity contribution < 1.29 is 19.4 Å². The molecule has 0 saturated carbocycles. The smallest absolute Gasteiger partial charge is 0.323 e. The van der Waals surface area contributed by atoms with E-state index >= 15 is 0 Å². The number of carbonyl (C=O) groups is 2. The second-order valence-electron chi connectivity index (χ2n) is 4.26. The molecular weight excluding hydrogens is 222 g/mol. The summed E-state index contributed by atoms with van der Waals surface area (Å²) in [5.74, 6) is -1.09. The molecule has 0 aliphatic carbocycles. The predicted octanol–water partition coefficient (Wildman–Crippen LogP) is 1.51. The largest absolute Gasteiger partial charge is 0.480 e. The molecule has 2 atom stereocenters. The number of aliphatic carboxylic acids is 1. The maximum Gasteiger partial charge on any atom is 0.323 e. The molecule has 5 heteroatoms. The molecule has 0 aliphatic heterocycles. The Balaban J connectivity index is 4.37. The third-order valence-corrected chi connectivity index (χ3v) is 2.92. The maximum atomic E-state index is 11.9. The molecule has 0 aromatic heterocycles. The second-order valence-corrected chi connectivity index (χ2v) is 4.26. The molecule has 1 N–H and O–H groups in total. The van der Waals surface area contributed by atoms with E-state index in [1.165, 1.54) is 4.90 Å². The van der Waals surface area contributed by atoms with Crippen LogP contribution in [-0.2, 0) is 14.3 Å². The lowest BCUT2D eigenvalue weighted by Crippen LogP contribution is -2.42. The van der Waals surface area contributed by atoms with Gasteiger partial charge in [0.1, 0.15) is 6.54 Å². The molecule has 0 aromatic carbocycles. The zero-order chi connectivity index (χ0) is 13.4. The van der Waals surface area contributed by atoms with Crippen molar-refractivity contribution in [1.29, 1.82) is 0 Å². The Morgan fingerprint density at radius 1 is 1.35 bits per heavy atom. The fourth-order valence-corrected chi connectivity index (χ4v) is 1.44. The summed E-state index contributed by atoms with van der Waals surface area (Å²) in [5, 5.41) is 8.78. The molecule has 0 saturated heterocycles. The Hall–Kier alpha value is -1.10. The van der Waals surface area contributed by atoms with Gasteiger partial charge >= 0.3 is 5.97 Å². The van der Waals surface area contributed by atoms with Gasteiger partial charge in [-0.05, 0) is 26.7 Å². The number of ether oxygens (including phenoxy) is 1. The molecule has 0 spiro atoms. The van der Waals surface area contributed by atoms with E-state index in [-0.39, 0.29) is 24.6 Å². The summed E-state index contributed by atoms with van der Waals surface area (Å²) in [6, 6.07) is -0.0450. The van der Waals surface area contributed by atoms with E-state index in [2.05, 4.69) is 0 Å². The Kier molecular flexibility index (Phi) is 7.54. The molecule has 100 valence electrons. The van der Waals surface area contributed by atoms with Gasteiger partial charge in [0.05, 0.1) is 6.10 Å². The Bertz CT molecular complexity index is 255. The van der Waals surface area contributed by atoms with E-state index in [1.807, 2.05) is 20.8 Å². The van der Waals surface area contributed by atoms with Gasteiger partial charge in [-0.1, -0.05) is 6.92 Å². The Morgan fingerprint density at radius 2 is 1.94 bits per heavy atom. The molecule has 1 amide bonds. The van der Waals surface area contributed by atoms with Gasteiger partial charge in [0.25, 0.3) is 0 Å². The number of nitrogens with zero attached hydrogens (tertiary/aromatic N) is 1. The van der Waals surface area contributed by atoms with Gasteiger partial charge in [-0.15, -0.1) is 0 Å². The van der Waals surface area contributed by atoms with Gasteiger partial charge in [-0.25, -0.2) is 0 Å². The fourth-order valence-electron chi connectivity index (χ4n) is 1.44.